The van der Waals surface area contributed by atoms with Crippen LogP contribution in [0.1, 0.15) is 105 Å². The van der Waals surface area contributed by atoms with Gasteiger partial charge >= 0.3 is 0 Å². The molecule has 0 spiro atoms. The highest BCUT2D eigenvalue weighted by atomic mass is 14.7. The maximum Gasteiger partial charge on any atom is 0.0780 e. The largest absolute Gasteiger partial charge is 0.256 e. The fourth-order valence-corrected chi connectivity index (χ4v) is 9.43. The second-order valence-electron chi connectivity index (χ2n) is 23.0. The Morgan fingerprint density at radius 2 is 0.559 bits per heavy atom. The lowest BCUT2D eigenvalue weighted by Gasteiger charge is -2.20. The Hall–Kier alpha value is -6.83. The topological polar surface area (TPSA) is 12.9 Å². The average Bonchev–Trinajstić information content (AvgIpc) is 3.32. The molecule has 0 radical (unpaired) electrons. The van der Waals surface area contributed by atoms with Crippen LogP contribution in [0.25, 0.3) is 88.8 Å². The highest BCUT2D eigenvalue weighted by Crippen LogP contribution is 2.41. The zero-order valence-electron chi connectivity index (χ0n) is 42.3. The minimum Gasteiger partial charge on any atom is -0.256 e. The number of aromatic nitrogens is 1. The molecule has 9 rings (SSSR count). The number of hydrogen-bond donors (Lipinski definition) is 0. The Labute approximate surface area is 407 Å². The van der Waals surface area contributed by atoms with Gasteiger partial charge in [0.1, 0.15) is 0 Å². The molecule has 1 aromatic heterocycles. The van der Waals surface area contributed by atoms with E-state index >= 15 is 0 Å². The summed E-state index contributed by atoms with van der Waals surface area (Å²) < 4.78 is 0. The third kappa shape index (κ3) is 9.77. The lowest BCUT2D eigenvalue weighted by Crippen LogP contribution is -2.10. The number of nitrogens with zero attached hydrogens (tertiary/aromatic N) is 1. The first kappa shape index (κ1) is 46.3. The van der Waals surface area contributed by atoms with Crippen molar-refractivity contribution in [3.8, 4) is 78.0 Å². The maximum absolute atomic E-state index is 5.12. The second kappa shape index (κ2) is 17.7. The van der Waals surface area contributed by atoms with Gasteiger partial charge in [-0.1, -0.05) is 217 Å². The van der Waals surface area contributed by atoms with E-state index in [9.17, 15) is 0 Å². The van der Waals surface area contributed by atoms with Crippen LogP contribution in [0.5, 0.6) is 0 Å². The van der Waals surface area contributed by atoms with Gasteiger partial charge in [0, 0.05) is 17.1 Å². The molecule has 0 fully saturated rings. The van der Waals surface area contributed by atoms with Gasteiger partial charge in [-0.05, 0) is 165 Å². The van der Waals surface area contributed by atoms with E-state index in [1.165, 1.54) is 88.8 Å². The highest BCUT2D eigenvalue weighted by molar-refractivity contribution is 6.04. The summed E-state index contributed by atoms with van der Waals surface area (Å²) in [5.41, 5.74) is 22.1. The van der Waals surface area contributed by atoms with Crippen LogP contribution in [-0.2, 0) is 21.7 Å². The quantitative estimate of drug-likeness (QED) is 0.155. The van der Waals surface area contributed by atoms with Gasteiger partial charge in [-0.2, -0.15) is 0 Å². The molecule has 1 heteroatoms. The molecule has 1 nitrogen and oxygen atoms in total. The molecule has 1 heterocycles. The van der Waals surface area contributed by atoms with Crippen molar-refractivity contribution in [2.24, 2.45) is 0 Å². The maximum atomic E-state index is 5.12. The molecule has 0 aliphatic rings. The molecule has 0 bridgehead atoms. The zero-order valence-corrected chi connectivity index (χ0v) is 42.3. The third-order valence-corrected chi connectivity index (χ3v) is 13.8. The van der Waals surface area contributed by atoms with Crippen molar-refractivity contribution in [2.45, 2.75) is 105 Å². The van der Waals surface area contributed by atoms with Crippen LogP contribution >= 0.6 is 0 Å². The minimum atomic E-state index is 0.0827. The Bertz CT molecular complexity index is 3090. The van der Waals surface area contributed by atoms with Gasteiger partial charge in [0.2, 0.25) is 0 Å². The summed E-state index contributed by atoms with van der Waals surface area (Å²) in [7, 11) is 0. The van der Waals surface area contributed by atoms with E-state index < -0.39 is 0 Å². The van der Waals surface area contributed by atoms with Gasteiger partial charge < -0.3 is 0 Å². The monoisotopic (exact) mass is 886 g/mol. The average molecular weight is 886 g/mol. The smallest absolute Gasteiger partial charge is 0.0780 e. The molecule has 0 amide bonds. The number of rotatable bonds is 7. The van der Waals surface area contributed by atoms with Gasteiger partial charge in [0.15, 0.2) is 0 Å². The Kier molecular flexibility index (Phi) is 12.0. The lowest BCUT2D eigenvalue weighted by atomic mass is 9.85. The molecule has 0 N–H and O–H groups in total. The van der Waals surface area contributed by atoms with Crippen molar-refractivity contribution in [1.29, 1.82) is 0 Å². The van der Waals surface area contributed by atoms with Gasteiger partial charge in [-0.15, -0.1) is 0 Å². The fraction of sp³-hybridized carbons (Fsp3) is 0.239. The molecule has 0 aliphatic heterocycles. The zero-order chi connectivity index (χ0) is 48.2. The van der Waals surface area contributed by atoms with Crippen LogP contribution in [-0.4, -0.2) is 4.98 Å². The molecule has 340 valence electrons. The first-order chi connectivity index (χ1) is 32.2. The SMILES string of the molecule is CC(C)(C)c1ccc(-c2cc(-c3ccc(C(C)(C)C)cc3)cc(-c3cccc(-c4nccc5c(-c6cc(-c7ccc(C(C)(C)C)cc7)cc(-c7ccc(C(C)(C)C)cc7)c6)cccc45)c3)c2)cc1. The van der Waals surface area contributed by atoms with Crippen molar-refractivity contribution >= 4 is 10.8 Å². The van der Waals surface area contributed by atoms with Crippen LogP contribution in [0.15, 0.2) is 188 Å². The normalized spacial score (nSPS) is 12.4. The molecule has 0 unspecified atom stereocenters. The first-order valence-electron chi connectivity index (χ1n) is 24.4. The Morgan fingerprint density at radius 3 is 0.926 bits per heavy atom. The van der Waals surface area contributed by atoms with Crippen LogP contribution in [0, 0.1) is 0 Å². The fourth-order valence-electron chi connectivity index (χ4n) is 9.43. The summed E-state index contributed by atoms with van der Waals surface area (Å²) >= 11 is 0. The molecule has 8 aromatic carbocycles. The van der Waals surface area contributed by atoms with E-state index in [0.29, 0.717) is 0 Å². The summed E-state index contributed by atoms with van der Waals surface area (Å²) in [4.78, 5) is 5.12. The van der Waals surface area contributed by atoms with Gasteiger partial charge in [-0.3, -0.25) is 4.98 Å². The lowest BCUT2D eigenvalue weighted by molar-refractivity contribution is 0.590. The van der Waals surface area contributed by atoms with E-state index in [2.05, 4.69) is 265 Å². The van der Waals surface area contributed by atoms with E-state index in [1.54, 1.807) is 0 Å². The molecule has 0 saturated heterocycles. The number of pyridine rings is 1. The van der Waals surface area contributed by atoms with E-state index in [-0.39, 0.29) is 21.7 Å². The standard InChI is InChI=1S/C67H67N/c1-64(2,3)56-27-19-44(20-28-56)50-38-51(45-21-29-57(30-22-45)65(4,5)6)41-54(40-50)48-15-13-16-49(37-48)63-62-18-14-17-60(61(62)35-36-68-63)55-42-52(46-23-31-58(32-24-46)66(7,8)9)39-53(43-55)47-25-33-59(34-26-47)67(10,11)12/h13-43H,1-12H3. The van der Waals surface area contributed by atoms with Gasteiger partial charge in [0.25, 0.3) is 0 Å². The molecule has 0 saturated carbocycles. The van der Waals surface area contributed by atoms with Crippen LogP contribution in [0.2, 0.25) is 0 Å². The summed E-state index contributed by atoms with van der Waals surface area (Å²) in [6.07, 6.45) is 1.98. The van der Waals surface area contributed by atoms with Gasteiger partial charge in [0.05, 0.1) is 5.69 Å². The molecule has 68 heavy (non-hydrogen) atoms. The molecule has 0 atom stereocenters. The number of hydrogen-bond acceptors (Lipinski definition) is 1. The Morgan fingerprint density at radius 1 is 0.250 bits per heavy atom. The van der Waals surface area contributed by atoms with Crippen molar-refractivity contribution in [3.63, 3.8) is 0 Å². The van der Waals surface area contributed by atoms with Gasteiger partial charge in [-0.25, -0.2) is 0 Å². The van der Waals surface area contributed by atoms with Crippen LogP contribution in [0.3, 0.4) is 0 Å². The van der Waals surface area contributed by atoms with E-state index in [4.69, 9.17) is 4.98 Å². The van der Waals surface area contributed by atoms with E-state index in [1.807, 2.05) is 6.20 Å². The number of benzene rings is 8. The summed E-state index contributed by atoms with van der Waals surface area (Å²) in [6, 6.07) is 68.5. The van der Waals surface area contributed by atoms with E-state index in [0.717, 1.165) is 22.2 Å². The number of fused-ring (bicyclic) bond motifs is 1. The van der Waals surface area contributed by atoms with Crippen molar-refractivity contribution in [3.05, 3.63) is 210 Å². The molecular weight excluding hydrogens is 819 g/mol. The third-order valence-electron chi connectivity index (χ3n) is 13.8. The predicted molar refractivity (Wildman–Crippen MR) is 295 cm³/mol. The molecular formula is C67H67N. The molecule has 9 aromatic rings. The highest BCUT2D eigenvalue weighted by Gasteiger charge is 2.19. The predicted octanol–water partition coefficient (Wildman–Crippen LogP) is 19.1. The Balaban J connectivity index is 1.15. The summed E-state index contributed by atoms with van der Waals surface area (Å²) in [5, 5.41) is 2.31. The van der Waals surface area contributed by atoms with Crippen molar-refractivity contribution < 1.29 is 0 Å². The molecule has 0 aliphatic carbocycles. The van der Waals surface area contributed by atoms with Crippen LogP contribution in [0.4, 0.5) is 0 Å². The minimum absolute atomic E-state index is 0.0827. The first-order valence-corrected chi connectivity index (χ1v) is 24.4. The summed E-state index contributed by atoms with van der Waals surface area (Å²) in [5.74, 6) is 0. The van der Waals surface area contributed by atoms with Crippen LogP contribution < -0.4 is 0 Å². The van der Waals surface area contributed by atoms with Crippen molar-refractivity contribution in [1.82, 2.24) is 4.98 Å². The summed E-state index contributed by atoms with van der Waals surface area (Å²) in [6.45, 7) is 27.3. The second-order valence-corrected chi connectivity index (χ2v) is 23.0. The van der Waals surface area contributed by atoms with Crippen molar-refractivity contribution in [2.75, 3.05) is 0 Å².